The van der Waals surface area contributed by atoms with Gasteiger partial charge >= 0.3 is 6.11 Å². The maximum absolute atomic E-state index is 14.2. The van der Waals surface area contributed by atoms with Crippen LogP contribution in [-0.4, -0.2) is 12.2 Å². The van der Waals surface area contributed by atoms with Crippen molar-refractivity contribution in [3.05, 3.63) is 12.2 Å². The van der Waals surface area contributed by atoms with Crippen LogP contribution in [0, 0.1) is 29.6 Å². The van der Waals surface area contributed by atoms with Crippen LogP contribution in [0.2, 0.25) is 0 Å². The maximum Gasteiger partial charge on any atom is 0.361 e. The van der Waals surface area contributed by atoms with E-state index in [0.29, 0.717) is 5.92 Å². The average Bonchev–Trinajstić information content (AvgIpc) is 2.56. The molecule has 0 amide bonds. The first-order valence-corrected chi connectivity index (χ1v) is 10.2. The van der Waals surface area contributed by atoms with Crippen molar-refractivity contribution in [2.24, 2.45) is 29.6 Å². The first-order valence-electron chi connectivity index (χ1n) is 10.2. The average molecular weight is 340 g/mol. The van der Waals surface area contributed by atoms with Crippen molar-refractivity contribution in [2.75, 3.05) is 0 Å². The first-order chi connectivity index (χ1) is 11.5. The molecule has 3 fully saturated rings. The molecule has 2 saturated carbocycles. The van der Waals surface area contributed by atoms with Crippen LogP contribution in [0.5, 0.6) is 0 Å². The predicted octanol–water partition coefficient (Wildman–Crippen LogP) is 6.58. The third kappa shape index (κ3) is 4.03. The second-order valence-electron chi connectivity index (χ2n) is 8.62. The molecule has 0 radical (unpaired) electrons. The summed E-state index contributed by atoms with van der Waals surface area (Å²) in [5, 5.41) is 0. The lowest BCUT2D eigenvalue weighted by atomic mass is 9.66. The Morgan fingerprint density at radius 2 is 1.58 bits per heavy atom. The molecule has 2 aliphatic carbocycles. The quantitative estimate of drug-likeness (QED) is 0.513. The summed E-state index contributed by atoms with van der Waals surface area (Å²) in [4.78, 5) is 0. The Hall–Kier alpha value is -0.440. The van der Waals surface area contributed by atoms with Crippen molar-refractivity contribution in [3.8, 4) is 0 Å². The molecular formula is C21H34F2O. The van der Waals surface area contributed by atoms with Crippen molar-refractivity contribution in [2.45, 2.75) is 90.3 Å². The van der Waals surface area contributed by atoms with Crippen LogP contribution in [0.3, 0.4) is 0 Å². The van der Waals surface area contributed by atoms with E-state index in [2.05, 4.69) is 26.0 Å². The molecule has 3 heteroatoms. The summed E-state index contributed by atoms with van der Waals surface area (Å²) >= 11 is 0. The highest BCUT2D eigenvalue weighted by atomic mass is 19.3. The highest BCUT2D eigenvalue weighted by Gasteiger charge is 2.62. The largest absolute Gasteiger partial charge is 0.361 e. The zero-order valence-corrected chi connectivity index (χ0v) is 15.4. The van der Waals surface area contributed by atoms with Gasteiger partial charge in [0, 0.05) is 0 Å². The van der Waals surface area contributed by atoms with Gasteiger partial charge in [-0.3, -0.25) is 0 Å². The Labute approximate surface area is 146 Å². The van der Waals surface area contributed by atoms with E-state index in [-0.39, 0.29) is 12.0 Å². The van der Waals surface area contributed by atoms with E-state index in [0.717, 1.165) is 56.8 Å². The standard InChI is InChI=1S/C21H34F2O/c1-3-4-5-6-16-9-13-17(14-10-16)19-20(24-21(19,22)23)18-11-7-15(2)8-12-18/h3-4,15-20H,5-14H2,1-2H3/t15?,16?,17?,18?,19-,20-/m0/s1. The van der Waals surface area contributed by atoms with Crippen LogP contribution in [0.25, 0.3) is 0 Å². The van der Waals surface area contributed by atoms with Gasteiger partial charge in [-0.25, -0.2) is 0 Å². The van der Waals surface area contributed by atoms with E-state index in [1.807, 2.05) is 0 Å². The Morgan fingerprint density at radius 3 is 2.17 bits per heavy atom. The van der Waals surface area contributed by atoms with Crippen LogP contribution in [0.4, 0.5) is 8.78 Å². The van der Waals surface area contributed by atoms with Crippen LogP contribution in [0.15, 0.2) is 12.2 Å². The van der Waals surface area contributed by atoms with E-state index < -0.39 is 12.0 Å². The third-order valence-corrected chi connectivity index (χ3v) is 6.94. The summed E-state index contributed by atoms with van der Waals surface area (Å²) in [5.41, 5.74) is 0. The van der Waals surface area contributed by atoms with Gasteiger partial charge in [0.15, 0.2) is 0 Å². The number of rotatable bonds is 5. The third-order valence-electron chi connectivity index (χ3n) is 6.94. The summed E-state index contributed by atoms with van der Waals surface area (Å²) in [5.74, 6) is 1.54. The van der Waals surface area contributed by atoms with Crippen LogP contribution < -0.4 is 0 Å². The molecule has 0 aromatic rings. The van der Waals surface area contributed by atoms with Crippen molar-refractivity contribution < 1.29 is 13.5 Å². The Bertz CT molecular complexity index is 418. The molecule has 1 aliphatic heterocycles. The number of ether oxygens (including phenoxy) is 1. The number of allylic oxidation sites excluding steroid dienone is 2. The maximum atomic E-state index is 14.2. The normalized spacial score (nSPS) is 42.8. The van der Waals surface area contributed by atoms with Crippen LogP contribution in [0.1, 0.15) is 78.1 Å². The number of alkyl halides is 2. The van der Waals surface area contributed by atoms with Gasteiger partial charge in [0.05, 0.1) is 12.0 Å². The van der Waals surface area contributed by atoms with Gasteiger partial charge in [-0.05, 0) is 69.1 Å². The van der Waals surface area contributed by atoms with Gasteiger partial charge in [0.2, 0.25) is 0 Å². The monoisotopic (exact) mass is 340 g/mol. The smallest absolute Gasteiger partial charge is 0.316 e. The van der Waals surface area contributed by atoms with Gasteiger partial charge in [0.1, 0.15) is 0 Å². The molecule has 0 bridgehead atoms. The molecule has 0 spiro atoms. The Balaban J connectivity index is 1.52. The summed E-state index contributed by atoms with van der Waals surface area (Å²) in [6.07, 6.45) is 12.4. The molecular weight excluding hydrogens is 306 g/mol. The molecule has 0 N–H and O–H groups in total. The van der Waals surface area contributed by atoms with Gasteiger partial charge in [-0.15, -0.1) is 0 Å². The molecule has 2 atom stereocenters. The molecule has 24 heavy (non-hydrogen) atoms. The van der Waals surface area contributed by atoms with Crippen molar-refractivity contribution in [1.82, 2.24) is 0 Å². The Morgan fingerprint density at radius 1 is 0.958 bits per heavy atom. The van der Waals surface area contributed by atoms with Crippen molar-refractivity contribution in [3.63, 3.8) is 0 Å². The predicted molar refractivity (Wildman–Crippen MR) is 93.9 cm³/mol. The fraction of sp³-hybridized carbons (Fsp3) is 0.905. The van der Waals surface area contributed by atoms with E-state index in [9.17, 15) is 8.78 Å². The minimum Gasteiger partial charge on any atom is -0.316 e. The lowest BCUT2D eigenvalue weighted by Gasteiger charge is -2.53. The highest BCUT2D eigenvalue weighted by molar-refractivity contribution is 4.98. The van der Waals surface area contributed by atoms with Crippen molar-refractivity contribution in [1.29, 1.82) is 0 Å². The van der Waals surface area contributed by atoms with Gasteiger partial charge in [-0.2, -0.15) is 8.78 Å². The fourth-order valence-electron chi connectivity index (χ4n) is 5.33. The SMILES string of the molecule is CC=CCCC1CCC([C@H]2[C@H](C3CCC(C)CC3)OC2(F)F)CC1. The summed E-state index contributed by atoms with van der Waals surface area (Å²) in [6, 6.07) is 0. The number of halogens is 2. The minimum atomic E-state index is -2.86. The molecule has 1 nitrogen and oxygen atoms in total. The zero-order valence-electron chi connectivity index (χ0n) is 15.4. The molecule has 0 aromatic heterocycles. The Kier molecular flexibility index (Phi) is 6.00. The number of hydrogen-bond donors (Lipinski definition) is 0. The van der Waals surface area contributed by atoms with Crippen molar-refractivity contribution >= 4 is 0 Å². The molecule has 0 unspecified atom stereocenters. The highest BCUT2D eigenvalue weighted by Crippen LogP contribution is 2.55. The van der Waals surface area contributed by atoms with Gasteiger partial charge in [0.25, 0.3) is 0 Å². The zero-order chi connectivity index (χ0) is 17.2. The van der Waals surface area contributed by atoms with E-state index in [1.165, 1.54) is 19.3 Å². The summed E-state index contributed by atoms with van der Waals surface area (Å²) in [7, 11) is 0. The molecule has 3 aliphatic rings. The molecule has 3 rings (SSSR count). The van der Waals surface area contributed by atoms with E-state index in [1.54, 1.807) is 0 Å². The molecule has 1 heterocycles. The van der Waals surface area contributed by atoms with E-state index >= 15 is 0 Å². The minimum absolute atomic E-state index is 0.169. The molecule has 0 aromatic carbocycles. The van der Waals surface area contributed by atoms with Crippen LogP contribution in [-0.2, 0) is 4.74 Å². The lowest BCUT2D eigenvalue weighted by molar-refractivity contribution is -0.418. The molecule has 138 valence electrons. The van der Waals surface area contributed by atoms with Crippen LogP contribution >= 0.6 is 0 Å². The fourth-order valence-corrected chi connectivity index (χ4v) is 5.33. The lowest BCUT2D eigenvalue weighted by Crippen LogP contribution is -2.61. The second kappa shape index (κ2) is 7.85. The first kappa shape index (κ1) is 18.4. The van der Waals surface area contributed by atoms with Gasteiger partial charge < -0.3 is 4.74 Å². The van der Waals surface area contributed by atoms with E-state index in [4.69, 9.17) is 4.74 Å². The second-order valence-corrected chi connectivity index (χ2v) is 8.62. The topological polar surface area (TPSA) is 9.23 Å². The molecule has 1 saturated heterocycles. The summed E-state index contributed by atoms with van der Waals surface area (Å²) in [6.45, 7) is 4.33. The number of hydrogen-bond acceptors (Lipinski definition) is 1. The van der Waals surface area contributed by atoms with Gasteiger partial charge in [-0.1, -0.05) is 44.8 Å². The summed E-state index contributed by atoms with van der Waals surface area (Å²) < 4.78 is 33.5.